The molecule has 1 heterocycles. The maximum atomic E-state index is 12.5. The molecule has 1 aliphatic rings. The number of hydrogen-bond donors (Lipinski definition) is 1. The van der Waals surface area contributed by atoms with Gasteiger partial charge in [0.25, 0.3) is 5.91 Å². The Morgan fingerprint density at radius 3 is 2.23 bits per heavy atom. The fourth-order valence-corrected chi connectivity index (χ4v) is 3.19. The molecule has 1 unspecified atom stereocenters. The summed E-state index contributed by atoms with van der Waals surface area (Å²) in [6.07, 6.45) is 0.619. The van der Waals surface area contributed by atoms with E-state index in [2.05, 4.69) is 5.32 Å². The largest absolute Gasteiger partial charge is 0.459 e. The molecule has 1 atom stereocenters. The summed E-state index contributed by atoms with van der Waals surface area (Å²) in [5.74, 6) is -0.634. The smallest absolute Gasteiger partial charge is 0.410 e. The molecule has 0 saturated carbocycles. The first-order valence-electron chi connectivity index (χ1n) is 10.8. The average molecular weight is 435 g/mol. The SMILES string of the molecule is CCOC(CC)C(=O)Nc1ccc(C(=O)OC2CCN(C(=O)OC(C)(C)C)CC2)cc1. The predicted octanol–water partition coefficient (Wildman–Crippen LogP) is 4.00. The van der Waals surface area contributed by atoms with Gasteiger partial charge >= 0.3 is 12.1 Å². The lowest BCUT2D eigenvalue weighted by atomic mass is 10.1. The summed E-state index contributed by atoms with van der Waals surface area (Å²) in [6, 6.07) is 6.57. The second-order valence-electron chi connectivity index (χ2n) is 8.49. The number of rotatable bonds is 7. The van der Waals surface area contributed by atoms with Crippen molar-refractivity contribution in [1.82, 2.24) is 4.90 Å². The maximum absolute atomic E-state index is 12.5. The molecule has 2 rings (SSSR count). The molecule has 8 heteroatoms. The summed E-state index contributed by atoms with van der Waals surface area (Å²) < 4.78 is 16.4. The molecule has 31 heavy (non-hydrogen) atoms. The van der Waals surface area contributed by atoms with Gasteiger partial charge in [-0.1, -0.05) is 6.92 Å². The number of ether oxygens (including phenoxy) is 3. The van der Waals surface area contributed by atoms with E-state index in [-0.39, 0.29) is 18.1 Å². The summed E-state index contributed by atoms with van der Waals surface area (Å²) in [4.78, 5) is 38.4. The van der Waals surface area contributed by atoms with Crippen LogP contribution in [-0.4, -0.2) is 60.4 Å². The lowest BCUT2D eigenvalue weighted by molar-refractivity contribution is -0.127. The van der Waals surface area contributed by atoms with Gasteiger partial charge in [0.1, 0.15) is 17.8 Å². The van der Waals surface area contributed by atoms with Crippen molar-refractivity contribution >= 4 is 23.7 Å². The number of carbonyl (C=O) groups is 3. The Morgan fingerprint density at radius 2 is 1.71 bits per heavy atom. The predicted molar refractivity (Wildman–Crippen MR) is 117 cm³/mol. The number of benzene rings is 1. The van der Waals surface area contributed by atoms with Crippen molar-refractivity contribution in [1.29, 1.82) is 0 Å². The van der Waals surface area contributed by atoms with E-state index < -0.39 is 17.7 Å². The molecule has 2 amide bonds. The van der Waals surface area contributed by atoms with Crippen LogP contribution in [0.25, 0.3) is 0 Å². The van der Waals surface area contributed by atoms with Gasteiger partial charge in [-0.25, -0.2) is 9.59 Å². The second-order valence-corrected chi connectivity index (χ2v) is 8.49. The van der Waals surface area contributed by atoms with Crippen molar-refractivity contribution in [2.75, 3.05) is 25.0 Å². The quantitative estimate of drug-likeness (QED) is 0.652. The van der Waals surface area contributed by atoms with E-state index >= 15 is 0 Å². The van der Waals surface area contributed by atoms with Crippen molar-refractivity contribution in [2.45, 2.75) is 71.7 Å². The summed E-state index contributed by atoms with van der Waals surface area (Å²) in [5, 5.41) is 2.79. The van der Waals surface area contributed by atoms with E-state index in [1.807, 2.05) is 34.6 Å². The van der Waals surface area contributed by atoms with Gasteiger partial charge in [0, 0.05) is 38.2 Å². The van der Waals surface area contributed by atoms with Crippen LogP contribution in [0.15, 0.2) is 24.3 Å². The highest BCUT2D eigenvalue weighted by Gasteiger charge is 2.28. The van der Waals surface area contributed by atoms with Crippen LogP contribution in [0.2, 0.25) is 0 Å². The van der Waals surface area contributed by atoms with Gasteiger partial charge < -0.3 is 24.4 Å². The minimum atomic E-state index is -0.535. The molecule has 1 aromatic carbocycles. The molecule has 172 valence electrons. The monoisotopic (exact) mass is 434 g/mol. The molecule has 1 fully saturated rings. The molecule has 0 bridgehead atoms. The number of carbonyl (C=O) groups excluding carboxylic acids is 3. The number of amides is 2. The molecule has 1 N–H and O–H groups in total. The highest BCUT2D eigenvalue weighted by atomic mass is 16.6. The number of anilines is 1. The summed E-state index contributed by atoms with van der Waals surface area (Å²) in [6.45, 7) is 10.7. The number of likely N-dealkylation sites (tertiary alicyclic amines) is 1. The first-order valence-corrected chi connectivity index (χ1v) is 10.8. The molecular formula is C23H34N2O6. The lowest BCUT2D eigenvalue weighted by Crippen LogP contribution is -2.43. The van der Waals surface area contributed by atoms with Crippen LogP contribution in [0.1, 0.15) is 64.2 Å². The van der Waals surface area contributed by atoms with Crippen LogP contribution >= 0.6 is 0 Å². The van der Waals surface area contributed by atoms with E-state index in [0.717, 1.165) is 0 Å². The first-order chi connectivity index (χ1) is 14.6. The molecule has 8 nitrogen and oxygen atoms in total. The highest BCUT2D eigenvalue weighted by Crippen LogP contribution is 2.19. The van der Waals surface area contributed by atoms with Gasteiger partial charge in [0.2, 0.25) is 0 Å². The topological polar surface area (TPSA) is 94.2 Å². The van der Waals surface area contributed by atoms with E-state index in [1.165, 1.54) is 0 Å². The minimum Gasteiger partial charge on any atom is -0.459 e. The van der Waals surface area contributed by atoms with E-state index in [0.29, 0.717) is 50.2 Å². The highest BCUT2D eigenvalue weighted by molar-refractivity contribution is 5.95. The van der Waals surface area contributed by atoms with Crippen LogP contribution in [0.3, 0.4) is 0 Å². The number of nitrogens with one attached hydrogen (secondary N) is 1. The Balaban J connectivity index is 1.83. The third kappa shape index (κ3) is 7.86. The molecule has 0 spiro atoms. The number of esters is 1. The molecule has 0 radical (unpaired) electrons. The zero-order chi connectivity index (χ0) is 23.0. The van der Waals surface area contributed by atoms with Gasteiger partial charge in [-0.2, -0.15) is 0 Å². The number of piperidine rings is 1. The third-order valence-corrected chi connectivity index (χ3v) is 4.79. The van der Waals surface area contributed by atoms with Gasteiger partial charge in [-0.3, -0.25) is 4.79 Å². The van der Waals surface area contributed by atoms with Crippen LogP contribution in [-0.2, 0) is 19.0 Å². The van der Waals surface area contributed by atoms with Crippen molar-refractivity contribution in [3.8, 4) is 0 Å². The molecule has 0 aliphatic carbocycles. The standard InChI is InChI=1S/C23H34N2O6/c1-6-19(29-7-2)20(26)24-17-10-8-16(9-11-17)21(27)30-18-12-14-25(15-13-18)22(28)31-23(3,4)5/h8-11,18-19H,6-7,12-15H2,1-5H3,(H,24,26). The summed E-state index contributed by atoms with van der Waals surface area (Å²) in [7, 11) is 0. The molecular weight excluding hydrogens is 400 g/mol. The summed E-state index contributed by atoms with van der Waals surface area (Å²) >= 11 is 0. The molecule has 1 aliphatic heterocycles. The van der Waals surface area contributed by atoms with Crippen LogP contribution in [0.4, 0.5) is 10.5 Å². The van der Waals surface area contributed by atoms with Gasteiger partial charge in [-0.15, -0.1) is 0 Å². The van der Waals surface area contributed by atoms with Crippen LogP contribution in [0, 0.1) is 0 Å². The fourth-order valence-electron chi connectivity index (χ4n) is 3.19. The Morgan fingerprint density at radius 1 is 1.10 bits per heavy atom. The van der Waals surface area contributed by atoms with Crippen molar-refractivity contribution in [3.05, 3.63) is 29.8 Å². The fraction of sp³-hybridized carbons (Fsp3) is 0.609. The Bertz CT molecular complexity index is 748. The van der Waals surface area contributed by atoms with Crippen LogP contribution in [0.5, 0.6) is 0 Å². The Kier molecular flexibility index (Phi) is 8.86. The number of hydrogen-bond acceptors (Lipinski definition) is 6. The maximum Gasteiger partial charge on any atom is 0.410 e. The normalized spacial score (nSPS) is 15.8. The second kappa shape index (κ2) is 11.1. The zero-order valence-electron chi connectivity index (χ0n) is 19.1. The van der Waals surface area contributed by atoms with E-state index in [4.69, 9.17) is 14.2 Å². The van der Waals surface area contributed by atoms with Gasteiger partial charge in [0.15, 0.2) is 0 Å². The van der Waals surface area contributed by atoms with Gasteiger partial charge in [-0.05, 0) is 58.4 Å². The van der Waals surface area contributed by atoms with E-state index in [1.54, 1.807) is 29.2 Å². The van der Waals surface area contributed by atoms with Crippen LogP contribution < -0.4 is 5.32 Å². The lowest BCUT2D eigenvalue weighted by Gasteiger charge is -2.33. The van der Waals surface area contributed by atoms with Crippen molar-refractivity contribution in [2.24, 2.45) is 0 Å². The first kappa shape index (κ1) is 24.7. The van der Waals surface area contributed by atoms with Gasteiger partial charge in [0.05, 0.1) is 5.56 Å². The van der Waals surface area contributed by atoms with E-state index in [9.17, 15) is 14.4 Å². The summed E-state index contributed by atoms with van der Waals surface area (Å²) in [5.41, 5.74) is 0.460. The number of nitrogens with zero attached hydrogens (tertiary/aromatic N) is 1. The molecule has 1 aromatic rings. The average Bonchev–Trinajstić information content (AvgIpc) is 2.71. The zero-order valence-corrected chi connectivity index (χ0v) is 19.1. The third-order valence-electron chi connectivity index (χ3n) is 4.79. The van der Waals surface area contributed by atoms with Crippen molar-refractivity contribution < 1.29 is 28.6 Å². The molecule has 1 saturated heterocycles. The minimum absolute atomic E-state index is 0.212. The van der Waals surface area contributed by atoms with Crippen molar-refractivity contribution in [3.63, 3.8) is 0 Å². The Labute approximate surface area is 184 Å². The Hall–Kier alpha value is -2.61. The molecule has 0 aromatic heterocycles.